The standard InChI is InChI=1S/C21H19N7O/c1-13-11-16(12-14(2)24-13)17-18(15-7-4-3-5-8-15)25-20(23)28-19(17)26-27(21(28)29)10-6-9-22/h3-5,7-8,11-12H,6,10H2,1-2H3,(H2,23,25). The molecule has 0 spiro atoms. The second-order valence-corrected chi connectivity index (χ2v) is 6.77. The van der Waals surface area contributed by atoms with Crippen molar-refractivity contribution in [3.63, 3.8) is 0 Å². The highest BCUT2D eigenvalue weighted by Crippen LogP contribution is 2.34. The molecule has 1 aromatic carbocycles. The van der Waals surface area contributed by atoms with Gasteiger partial charge in [0.25, 0.3) is 0 Å². The number of nitrogen functional groups attached to an aromatic ring is 1. The first-order valence-corrected chi connectivity index (χ1v) is 9.16. The molecule has 3 heterocycles. The summed E-state index contributed by atoms with van der Waals surface area (Å²) in [5.41, 5.74) is 10.9. The average molecular weight is 385 g/mol. The summed E-state index contributed by atoms with van der Waals surface area (Å²) in [6, 6.07) is 15.5. The molecule has 2 N–H and O–H groups in total. The van der Waals surface area contributed by atoms with Gasteiger partial charge in [-0.15, -0.1) is 5.10 Å². The van der Waals surface area contributed by atoms with Gasteiger partial charge in [-0.05, 0) is 31.5 Å². The molecule has 0 aliphatic heterocycles. The Morgan fingerprint density at radius 2 is 1.76 bits per heavy atom. The van der Waals surface area contributed by atoms with E-state index in [0.29, 0.717) is 16.9 Å². The molecule has 0 atom stereocenters. The van der Waals surface area contributed by atoms with E-state index in [-0.39, 0.29) is 18.9 Å². The summed E-state index contributed by atoms with van der Waals surface area (Å²) in [6.07, 6.45) is 0.172. The number of pyridine rings is 1. The molecule has 0 bridgehead atoms. The van der Waals surface area contributed by atoms with Gasteiger partial charge in [-0.2, -0.15) is 5.26 Å². The van der Waals surface area contributed by atoms with Gasteiger partial charge in [-0.3, -0.25) is 4.98 Å². The highest BCUT2D eigenvalue weighted by atomic mass is 16.2. The SMILES string of the molecule is Cc1cc(-c2c(-c3ccccc3)nc(N)n3c(=O)n(CCC#N)nc23)cc(C)n1. The third kappa shape index (κ3) is 3.23. The van der Waals surface area contributed by atoms with E-state index >= 15 is 0 Å². The quantitative estimate of drug-likeness (QED) is 0.577. The number of aromatic nitrogens is 5. The zero-order chi connectivity index (χ0) is 20.5. The van der Waals surface area contributed by atoms with Crippen molar-refractivity contribution in [2.75, 3.05) is 5.73 Å². The van der Waals surface area contributed by atoms with Gasteiger partial charge in [0, 0.05) is 17.0 Å². The molecular weight excluding hydrogens is 366 g/mol. The van der Waals surface area contributed by atoms with Crippen LogP contribution in [0.5, 0.6) is 0 Å². The van der Waals surface area contributed by atoms with E-state index in [1.54, 1.807) is 0 Å². The second kappa shape index (κ2) is 7.20. The number of anilines is 1. The van der Waals surface area contributed by atoms with E-state index in [0.717, 1.165) is 22.5 Å². The Bertz CT molecular complexity index is 1290. The van der Waals surface area contributed by atoms with Crippen molar-refractivity contribution in [1.82, 2.24) is 24.1 Å². The fourth-order valence-corrected chi connectivity index (χ4v) is 3.45. The number of nitrogens with zero attached hydrogens (tertiary/aromatic N) is 6. The molecule has 0 unspecified atom stereocenters. The summed E-state index contributed by atoms with van der Waals surface area (Å²) in [5, 5.41) is 13.4. The Labute approximate surface area is 166 Å². The monoisotopic (exact) mass is 385 g/mol. The molecule has 8 heteroatoms. The Morgan fingerprint density at radius 1 is 1.07 bits per heavy atom. The lowest BCUT2D eigenvalue weighted by atomic mass is 9.99. The van der Waals surface area contributed by atoms with Gasteiger partial charge >= 0.3 is 5.69 Å². The summed E-state index contributed by atoms with van der Waals surface area (Å²) in [5.74, 6) is 0.0540. The molecule has 144 valence electrons. The van der Waals surface area contributed by atoms with Crippen molar-refractivity contribution in [1.29, 1.82) is 5.26 Å². The summed E-state index contributed by atoms with van der Waals surface area (Å²) < 4.78 is 2.56. The van der Waals surface area contributed by atoms with Crippen LogP contribution in [0.3, 0.4) is 0 Å². The van der Waals surface area contributed by atoms with Crippen LogP contribution in [-0.4, -0.2) is 24.1 Å². The number of hydrogen-bond acceptors (Lipinski definition) is 6. The molecule has 29 heavy (non-hydrogen) atoms. The number of rotatable bonds is 4. The van der Waals surface area contributed by atoms with Crippen LogP contribution >= 0.6 is 0 Å². The maximum absolute atomic E-state index is 12.8. The summed E-state index contributed by atoms with van der Waals surface area (Å²) >= 11 is 0. The van der Waals surface area contributed by atoms with Crippen molar-refractivity contribution in [3.05, 3.63) is 64.3 Å². The first-order valence-electron chi connectivity index (χ1n) is 9.16. The summed E-state index contributed by atoms with van der Waals surface area (Å²) in [7, 11) is 0. The lowest BCUT2D eigenvalue weighted by Gasteiger charge is -2.13. The largest absolute Gasteiger partial charge is 0.369 e. The predicted octanol–water partition coefficient (Wildman–Crippen LogP) is 2.73. The van der Waals surface area contributed by atoms with Crippen LogP contribution < -0.4 is 11.4 Å². The van der Waals surface area contributed by atoms with Gasteiger partial charge in [0.1, 0.15) is 0 Å². The molecule has 4 aromatic rings. The van der Waals surface area contributed by atoms with Crippen LogP contribution in [0.25, 0.3) is 28.0 Å². The number of benzene rings is 1. The van der Waals surface area contributed by atoms with Crippen molar-refractivity contribution in [3.8, 4) is 28.5 Å². The van der Waals surface area contributed by atoms with Crippen molar-refractivity contribution >= 4 is 11.6 Å². The normalized spacial score (nSPS) is 10.9. The zero-order valence-corrected chi connectivity index (χ0v) is 16.1. The Kier molecular flexibility index (Phi) is 4.56. The number of fused-ring (bicyclic) bond motifs is 1. The van der Waals surface area contributed by atoms with E-state index in [4.69, 9.17) is 11.0 Å². The molecule has 0 fully saturated rings. The minimum atomic E-state index is -0.413. The smallest absolute Gasteiger partial charge is 0.353 e. The minimum Gasteiger partial charge on any atom is -0.369 e. The van der Waals surface area contributed by atoms with Gasteiger partial charge in [0.2, 0.25) is 5.95 Å². The van der Waals surface area contributed by atoms with Crippen LogP contribution in [0.1, 0.15) is 17.8 Å². The Morgan fingerprint density at radius 3 is 2.41 bits per heavy atom. The molecule has 0 radical (unpaired) electrons. The van der Waals surface area contributed by atoms with Crippen LogP contribution in [0, 0.1) is 25.2 Å². The first-order chi connectivity index (χ1) is 14.0. The average Bonchev–Trinajstić information content (AvgIpc) is 3.03. The third-order valence-corrected chi connectivity index (χ3v) is 4.61. The first kappa shape index (κ1) is 18.4. The van der Waals surface area contributed by atoms with Gasteiger partial charge in [0.15, 0.2) is 5.65 Å². The molecular formula is C21H19N7O. The third-order valence-electron chi connectivity index (χ3n) is 4.61. The van der Waals surface area contributed by atoms with Gasteiger partial charge in [-0.25, -0.2) is 18.9 Å². The molecule has 4 rings (SSSR count). The molecule has 8 nitrogen and oxygen atoms in total. The van der Waals surface area contributed by atoms with E-state index in [9.17, 15) is 4.79 Å². The molecule has 0 aliphatic carbocycles. The van der Waals surface area contributed by atoms with Crippen LogP contribution in [-0.2, 0) is 6.54 Å². The number of nitrogens with two attached hydrogens (primary N) is 1. The predicted molar refractivity (Wildman–Crippen MR) is 110 cm³/mol. The fraction of sp³-hybridized carbons (Fsp3) is 0.190. The fourth-order valence-electron chi connectivity index (χ4n) is 3.45. The van der Waals surface area contributed by atoms with Gasteiger partial charge in [0.05, 0.1) is 30.3 Å². The zero-order valence-electron chi connectivity index (χ0n) is 16.1. The second-order valence-electron chi connectivity index (χ2n) is 6.77. The van der Waals surface area contributed by atoms with E-state index in [1.165, 1.54) is 9.08 Å². The lowest BCUT2D eigenvalue weighted by Crippen LogP contribution is -2.23. The highest BCUT2D eigenvalue weighted by molar-refractivity contribution is 5.90. The molecule has 0 amide bonds. The van der Waals surface area contributed by atoms with Crippen LogP contribution in [0.15, 0.2) is 47.3 Å². The maximum atomic E-state index is 12.8. The highest BCUT2D eigenvalue weighted by Gasteiger charge is 2.21. The Balaban J connectivity index is 2.12. The molecule has 0 saturated carbocycles. The van der Waals surface area contributed by atoms with Crippen molar-refractivity contribution in [2.24, 2.45) is 0 Å². The van der Waals surface area contributed by atoms with Gasteiger partial charge in [-0.1, -0.05) is 30.3 Å². The minimum absolute atomic E-state index is 0.0540. The lowest BCUT2D eigenvalue weighted by molar-refractivity contribution is 0.604. The van der Waals surface area contributed by atoms with E-state index < -0.39 is 5.69 Å². The molecule has 3 aromatic heterocycles. The number of hydrogen-bond donors (Lipinski definition) is 1. The van der Waals surface area contributed by atoms with E-state index in [1.807, 2.05) is 62.4 Å². The van der Waals surface area contributed by atoms with Crippen molar-refractivity contribution in [2.45, 2.75) is 26.8 Å². The molecule has 0 aliphatic rings. The Hall–Kier alpha value is -3.99. The topological polar surface area (TPSA) is 115 Å². The van der Waals surface area contributed by atoms with E-state index in [2.05, 4.69) is 15.1 Å². The van der Waals surface area contributed by atoms with Gasteiger partial charge < -0.3 is 5.73 Å². The molecule has 0 saturated heterocycles. The number of aryl methyl sites for hydroxylation is 3. The van der Waals surface area contributed by atoms with Crippen LogP contribution in [0.2, 0.25) is 0 Å². The number of nitriles is 1. The summed E-state index contributed by atoms with van der Waals surface area (Å²) in [6.45, 7) is 4.02. The van der Waals surface area contributed by atoms with Crippen molar-refractivity contribution < 1.29 is 0 Å². The van der Waals surface area contributed by atoms with Crippen LogP contribution in [0.4, 0.5) is 5.95 Å². The summed E-state index contributed by atoms with van der Waals surface area (Å²) in [4.78, 5) is 21.9. The maximum Gasteiger partial charge on any atom is 0.353 e.